The van der Waals surface area contributed by atoms with Crippen LogP contribution in [0.3, 0.4) is 0 Å². The maximum Gasteiger partial charge on any atom is 0.219 e. The predicted molar refractivity (Wildman–Crippen MR) is 50.7 cm³/mol. The molecule has 0 spiro atoms. The first-order valence-electron chi connectivity index (χ1n) is 4.90. The van der Waals surface area contributed by atoms with Crippen LogP contribution < -0.4 is 0 Å². The van der Waals surface area contributed by atoms with Crippen LogP contribution in [0.25, 0.3) is 5.32 Å². The number of piperazine rings is 1. The standard InChI is InChI=1S/C9H16N3O/c1-8(13)11-2-4-12(5-3-11)9-6-10-7-9/h9H,2-7H2,1H3/q-1. The molecular formula is C9H16N3O-. The van der Waals surface area contributed by atoms with Crippen LogP contribution in [0.2, 0.25) is 0 Å². The van der Waals surface area contributed by atoms with Crippen LogP contribution in [0.1, 0.15) is 6.92 Å². The summed E-state index contributed by atoms with van der Waals surface area (Å²) in [7, 11) is 0. The molecule has 0 aromatic rings. The Balaban J connectivity index is 1.78. The van der Waals surface area contributed by atoms with Crippen LogP contribution in [0.15, 0.2) is 0 Å². The third kappa shape index (κ3) is 1.84. The van der Waals surface area contributed by atoms with E-state index < -0.39 is 0 Å². The summed E-state index contributed by atoms with van der Waals surface area (Å²) < 4.78 is 0. The number of carbonyl (C=O) groups excluding carboxylic acids is 1. The van der Waals surface area contributed by atoms with Gasteiger partial charge in [0.25, 0.3) is 0 Å². The highest BCUT2D eigenvalue weighted by molar-refractivity contribution is 5.73. The Kier molecular flexibility index (Phi) is 2.51. The van der Waals surface area contributed by atoms with Crippen molar-refractivity contribution in [1.29, 1.82) is 0 Å². The molecule has 4 heteroatoms. The third-order valence-electron chi connectivity index (χ3n) is 2.96. The van der Waals surface area contributed by atoms with Crippen molar-refractivity contribution in [3.63, 3.8) is 0 Å². The first kappa shape index (κ1) is 8.97. The molecule has 2 aliphatic heterocycles. The van der Waals surface area contributed by atoms with Gasteiger partial charge in [0.05, 0.1) is 0 Å². The molecule has 2 saturated heterocycles. The van der Waals surface area contributed by atoms with E-state index in [-0.39, 0.29) is 5.91 Å². The van der Waals surface area contributed by atoms with Crippen molar-refractivity contribution >= 4 is 5.91 Å². The second-order valence-electron chi connectivity index (χ2n) is 3.78. The van der Waals surface area contributed by atoms with Crippen LogP contribution in [-0.4, -0.2) is 61.0 Å². The molecule has 0 aromatic carbocycles. The monoisotopic (exact) mass is 182 g/mol. The van der Waals surface area contributed by atoms with E-state index in [1.807, 2.05) is 4.90 Å². The van der Waals surface area contributed by atoms with Crippen LogP contribution in [0, 0.1) is 0 Å². The molecule has 4 nitrogen and oxygen atoms in total. The largest absolute Gasteiger partial charge is 0.660 e. The Bertz CT molecular complexity index is 195. The van der Waals surface area contributed by atoms with E-state index in [2.05, 4.69) is 10.2 Å². The maximum atomic E-state index is 11.0. The molecule has 0 radical (unpaired) electrons. The lowest BCUT2D eigenvalue weighted by atomic mass is 10.1. The maximum absolute atomic E-state index is 11.0. The van der Waals surface area contributed by atoms with Crippen LogP contribution in [-0.2, 0) is 4.79 Å². The highest BCUT2D eigenvalue weighted by atomic mass is 16.2. The van der Waals surface area contributed by atoms with Gasteiger partial charge in [0, 0.05) is 33.1 Å². The molecule has 2 aliphatic rings. The van der Waals surface area contributed by atoms with Gasteiger partial charge >= 0.3 is 0 Å². The summed E-state index contributed by atoms with van der Waals surface area (Å²) in [6.07, 6.45) is 0. The first-order valence-corrected chi connectivity index (χ1v) is 4.90. The summed E-state index contributed by atoms with van der Waals surface area (Å²) in [5, 5.41) is 4.21. The van der Waals surface area contributed by atoms with E-state index in [4.69, 9.17) is 0 Å². The SMILES string of the molecule is CC(=O)N1CCN(C2C[N-]C2)CC1. The van der Waals surface area contributed by atoms with E-state index in [9.17, 15) is 4.79 Å². The molecule has 1 amide bonds. The number of carbonyl (C=O) groups is 1. The summed E-state index contributed by atoms with van der Waals surface area (Å²) in [5.41, 5.74) is 0. The van der Waals surface area contributed by atoms with Crippen molar-refractivity contribution in [3.05, 3.63) is 5.32 Å². The summed E-state index contributed by atoms with van der Waals surface area (Å²) in [6, 6.07) is 0.675. The molecule has 13 heavy (non-hydrogen) atoms. The molecule has 0 N–H and O–H groups in total. The number of nitrogens with zero attached hydrogens (tertiary/aromatic N) is 3. The minimum atomic E-state index is 0.206. The Morgan fingerprint density at radius 3 is 2.23 bits per heavy atom. The van der Waals surface area contributed by atoms with Crippen LogP contribution in [0.4, 0.5) is 0 Å². The van der Waals surface area contributed by atoms with Gasteiger partial charge in [0.15, 0.2) is 0 Å². The Hall–Kier alpha value is -0.610. The summed E-state index contributed by atoms with van der Waals surface area (Å²) in [5.74, 6) is 0.206. The smallest absolute Gasteiger partial charge is 0.219 e. The average molecular weight is 182 g/mol. The Labute approximate surface area is 78.9 Å². The Morgan fingerprint density at radius 1 is 1.23 bits per heavy atom. The Morgan fingerprint density at radius 2 is 1.85 bits per heavy atom. The van der Waals surface area contributed by atoms with E-state index in [0.717, 1.165) is 39.3 Å². The number of amides is 1. The lowest BCUT2D eigenvalue weighted by molar-refractivity contribution is -0.130. The molecule has 0 unspecified atom stereocenters. The topological polar surface area (TPSA) is 37.7 Å². The summed E-state index contributed by atoms with van der Waals surface area (Å²) in [4.78, 5) is 15.4. The lowest BCUT2D eigenvalue weighted by Gasteiger charge is -2.50. The van der Waals surface area contributed by atoms with Crippen molar-refractivity contribution in [3.8, 4) is 0 Å². The van der Waals surface area contributed by atoms with Gasteiger partial charge in [0.2, 0.25) is 5.91 Å². The van der Waals surface area contributed by atoms with Crippen molar-refractivity contribution in [2.45, 2.75) is 13.0 Å². The molecule has 2 rings (SSSR count). The predicted octanol–water partition coefficient (Wildman–Crippen LogP) is -0.0936. The molecule has 2 heterocycles. The fourth-order valence-corrected chi connectivity index (χ4v) is 1.88. The third-order valence-corrected chi connectivity index (χ3v) is 2.96. The van der Waals surface area contributed by atoms with Gasteiger partial charge in [0.1, 0.15) is 0 Å². The van der Waals surface area contributed by atoms with Gasteiger partial charge in [-0.2, -0.15) is 0 Å². The second kappa shape index (κ2) is 3.64. The van der Waals surface area contributed by atoms with Crippen molar-refractivity contribution in [2.75, 3.05) is 39.3 Å². The lowest BCUT2D eigenvalue weighted by Crippen LogP contribution is -2.55. The van der Waals surface area contributed by atoms with E-state index in [0.29, 0.717) is 6.04 Å². The minimum absolute atomic E-state index is 0.206. The molecule has 0 aliphatic carbocycles. The van der Waals surface area contributed by atoms with E-state index in [1.165, 1.54) is 0 Å². The highest BCUT2D eigenvalue weighted by Gasteiger charge is 2.23. The summed E-state index contributed by atoms with van der Waals surface area (Å²) >= 11 is 0. The van der Waals surface area contributed by atoms with Gasteiger partial charge in [-0.3, -0.25) is 4.79 Å². The van der Waals surface area contributed by atoms with Gasteiger partial charge in [-0.05, 0) is 6.04 Å². The fraction of sp³-hybridized carbons (Fsp3) is 0.889. The molecule has 2 fully saturated rings. The van der Waals surface area contributed by atoms with E-state index >= 15 is 0 Å². The molecule has 0 bridgehead atoms. The molecule has 74 valence electrons. The molecular weight excluding hydrogens is 166 g/mol. The zero-order chi connectivity index (χ0) is 9.26. The van der Waals surface area contributed by atoms with Crippen molar-refractivity contribution in [1.82, 2.24) is 9.80 Å². The summed E-state index contributed by atoms with van der Waals surface area (Å²) in [6.45, 7) is 7.49. The van der Waals surface area contributed by atoms with Gasteiger partial charge in [-0.15, -0.1) is 13.1 Å². The van der Waals surface area contributed by atoms with Gasteiger partial charge < -0.3 is 15.1 Å². The van der Waals surface area contributed by atoms with Crippen molar-refractivity contribution < 1.29 is 4.79 Å². The van der Waals surface area contributed by atoms with Crippen molar-refractivity contribution in [2.24, 2.45) is 0 Å². The minimum Gasteiger partial charge on any atom is -0.660 e. The van der Waals surface area contributed by atoms with Gasteiger partial charge in [-0.25, -0.2) is 0 Å². The molecule has 0 aromatic heterocycles. The highest BCUT2D eigenvalue weighted by Crippen LogP contribution is 2.17. The van der Waals surface area contributed by atoms with Crippen LogP contribution in [0.5, 0.6) is 0 Å². The quantitative estimate of drug-likeness (QED) is 0.568. The first-order chi connectivity index (χ1) is 6.27. The zero-order valence-corrected chi connectivity index (χ0v) is 8.07. The van der Waals surface area contributed by atoms with E-state index in [1.54, 1.807) is 6.92 Å². The average Bonchev–Trinajstić information content (AvgIpc) is 2.02. The number of hydrogen-bond donors (Lipinski definition) is 0. The normalized spacial score (nSPS) is 25.8. The number of rotatable bonds is 1. The fourth-order valence-electron chi connectivity index (χ4n) is 1.88. The van der Waals surface area contributed by atoms with Gasteiger partial charge in [-0.1, -0.05) is 0 Å². The molecule has 0 atom stereocenters. The van der Waals surface area contributed by atoms with Crippen LogP contribution >= 0.6 is 0 Å². The second-order valence-corrected chi connectivity index (χ2v) is 3.78. The number of hydrogen-bond acceptors (Lipinski definition) is 2. The zero-order valence-electron chi connectivity index (χ0n) is 8.07. The molecule has 0 saturated carbocycles.